The summed E-state index contributed by atoms with van der Waals surface area (Å²) >= 11 is 0. The summed E-state index contributed by atoms with van der Waals surface area (Å²) in [6, 6.07) is 15.2. The summed E-state index contributed by atoms with van der Waals surface area (Å²) in [6.45, 7) is 2.96. The van der Waals surface area contributed by atoms with Crippen LogP contribution in [0.4, 0.5) is 11.4 Å². The van der Waals surface area contributed by atoms with Gasteiger partial charge in [-0.1, -0.05) is 159 Å². The van der Waals surface area contributed by atoms with E-state index in [1.54, 1.807) is 6.07 Å². The average molecular weight is 623 g/mol. The number of para-hydroxylation sites is 1. The van der Waals surface area contributed by atoms with Gasteiger partial charge in [0.05, 0.1) is 22.4 Å². The van der Waals surface area contributed by atoms with Crippen molar-refractivity contribution < 1.29 is 64.4 Å². The Balaban J connectivity index is 0.00000616. The molecule has 0 aromatic heterocycles. The second-order valence-electron chi connectivity index (χ2n) is 12.0. The minimum atomic E-state index is -4.54. The summed E-state index contributed by atoms with van der Waals surface area (Å²) in [7, 11) is -4.54. The van der Waals surface area contributed by atoms with Crippen molar-refractivity contribution in [1.29, 1.82) is 0 Å². The van der Waals surface area contributed by atoms with E-state index in [0.29, 0.717) is 12.2 Å². The van der Waals surface area contributed by atoms with Gasteiger partial charge in [-0.05, 0) is 30.5 Å². The SMILES string of the molecule is CCCCCCCCCCCCCCCCCCCCCC1Nc2c(cccc2S(=O)(=O)[O-])N1Cc1ccccc1.[K+]. The third-order valence-corrected chi connectivity index (χ3v) is 9.43. The maximum absolute atomic E-state index is 11.9. The summed E-state index contributed by atoms with van der Waals surface area (Å²) in [4.78, 5) is 2.07. The van der Waals surface area contributed by atoms with Gasteiger partial charge in [-0.2, -0.15) is 0 Å². The molecule has 0 amide bonds. The fraction of sp³-hybridized carbons (Fsp3) is 0.657. The number of hydrogen-bond donors (Lipinski definition) is 1. The molecule has 1 atom stereocenters. The molecule has 1 N–H and O–H groups in total. The number of unbranched alkanes of at least 4 members (excludes halogenated alkanes) is 18. The number of nitrogens with zero attached hydrogens (tertiary/aromatic N) is 1. The normalized spacial score (nSPS) is 14.4. The molecule has 3 rings (SSSR count). The van der Waals surface area contributed by atoms with Gasteiger partial charge in [0.25, 0.3) is 0 Å². The van der Waals surface area contributed by atoms with Crippen LogP contribution in [0.25, 0.3) is 0 Å². The second-order valence-corrected chi connectivity index (χ2v) is 13.4. The Hall–Kier alpha value is -0.414. The number of rotatable bonds is 23. The largest absolute Gasteiger partial charge is 1.00 e. The van der Waals surface area contributed by atoms with Gasteiger partial charge in [0.2, 0.25) is 0 Å². The molecule has 1 heterocycles. The van der Waals surface area contributed by atoms with Crippen LogP contribution in [0.3, 0.4) is 0 Å². The Morgan fingerprint density at radius 3 is 1.62 bits per heavy atom. The number of fused-ring (bicyclic) bond motifs is 1. The van der Waals surface area contributed by atoms with Crippen molar-refractivity contribution in [3.05, 3.63) is 54.1 Å². The zero-order valence-electron chi connectivity index (χ0n) is 26.6. The first-order chi connectivity index (χ1) is 20.0. The molecule has 230 valence electrons. The van der Waals surface area contributed by atoms with Gasteiger partial charge in [-0.25, -0.2) is 8.42 Å². The summed E-state index contributed by atoms with van der Waals surface area (Å²) in [5.41, 5.74) is 2.42. The molecule has 5 nitrogen and oxygen atoms in total. The first kappa shape index (κ1) is 37.8. The molecule has 0 spiro atoms. The fourth-order valence-electron chi connectivity index (χ4n) is 6.14. The van der Waals surface area contributed by atoms with Crippen molar-refractivity contribution in [2.75, 3.05) is 10.2 Å². The van der Waals surface area contributed by atoms with Crippen LogP contribution < -0.4 is 61.6 Å². The summed E-state index contributed by atoms with van der Waals surface area (Å²) in [5.74, 6) is 0. The van der Waals surface area contributed by atoms with E-state index in [2.05, 4.69) is 29.3 Å². The minimum Gasteiger partial charge on any atom is -0.744 e. The van der Waals surface area contributed by atoms with Gasteiger partial charge in [0.1, 0.15) is 10.1 Å². The molecular weight excluding hydrogens is 568 g/mol. The third kappa shape index (κ3) is 14.1. The fourth-order valence-corrected chi connectivity index (χ4v) is 6.80. The second kappa shape index (κ2) is 22.1. The maximum atomic E-state index is 11.9. The van der Waals surface area contributed by atoms with Crippen molar-refractivity contribution in [1.82, 2.24) is 0 Å². The molecule has 42 heavy (non-hydrogen) atoms. The molecule has 1 unspecified atom stereocenters. The van der Waals surface area contributed by atoms with E-state index in [-0.39, 0.29) is 62.4 Å². The molecular formula is C35H55KN2O3S. The van der Waals surface area contributed by atoms with Crippen LogP contribution in [-0.2, 0) is 16.7 Å². The Morgan fingerprint density at radius 2 is 1.14 bits per heavy atom. The van der Waals surface area contributed by atoms with Crippen LogP contribution in [0, 0.1) is 0 Å². The Labute approximate surface area is 300 Å². The van der Waals surface area contributed by atoms with Gasteiger partial charge in [0, 0.05) is 6.54 Å². The Bertz CT molecular complexity index is 1080. The number of anilines is 2. The summed E-state index contributed by atoms with van der Waals surface area (Å²) in [5, 5.41) is 3.39. The summed E-state index contributed by atoms with van der Waals surface area (Å²) < 4.78 is 35.7. The minimum absolute atomic E-state index is 0. The molecule has 7 heteroatoms. The van der Waals surface area contributed by atoms with E-state index >= 15 is 0 Å². The zero-order chi connectivity index (χ0) is 29.2. The molecule has 1 aliphatic heterocycles. The topological polar surface area (TPSA) is 72.5 Å². The van der Waals surface area contributed by atoms with Gasteiger partial charge in [-0.3, -0.25) is 0 Å². The number of benzene rings is 2. The monoisotopic (exact) mass is 622 g/mol. The van der Waals surface area contributed by atoms with Gasteiger partial charge >= 0.3 is 51.4 Å². The molecule has 0 bridgehead atoms. The maximum Gasteiger partial charge on any atom is 1.00 e. The molecule has 0 radical (unpaired) electrons. The van der Waals surface area contributed by atoms with Gasteiger partial charge in [-0.15, -0.1) is 0 Å². The molecule has 2 aromatic carbocycles. The van der Waals surface area contributed by atoms with Gasteiger partial charge < -0.3 is 14.8 Å². The van der Waals surface area contributed by atoms with E-state index in [9.17, 15) is 13.0 Å². The molecule has 0 saturated carbocycles. The zero-order valence-corrected chi connectivity index (χ0v) is 30.6. The van der Waals surface area contributed by atoms with Crippen LogP contribution >= 0.6 is 0 Å². The average Bonchev–Trinajstić information content (AvgIpc) is 3.31. The third-order valence-electron chi connectivity index (χ3n) is 8.55. The van der Waals surface area contributed by atoms with E-state index < -0.39 is 10.1 Å². The quantitative estimate of drug-likeness (QED) is 0.0808. The van der Waals surface area contributed by atoms with Crippen molar-refractivity contribution in [3.63, 3.8) is 0 Å². The van der Waals surface area contributed by atoms with Crippen LogP contribution in [0.15, 0.2) is 53.4 Å². The predicted molar refractivity (Wildman–Crippen MR) is 172 cm³/mol. The van der Waals surface area contributed by atoms with Gasteiger partial charge in [0.15, 0.2) is 0 Å². The molecule has 0 aliphatic carbocycles. The first-order valence-electron chi connectivity index (χ1n) is 16.7. The van der Waals surface area contributed by atoms with E-state index in [1.165, 1.54) is 122 Å². The van der Waals surface area contributed by atoms with E-state index in [4.69, 9.17) is 0 Å². The molecule has 1 aliphatic rings. The number of nitrogens with one attached hydrogen (secondary N) is 1. The standard InChI is InChI=1S/C35H56N2O3S.K/c1-2-3-4-5-6-7-8-9-10-11-12-13-14-15-16-17-18-19-23-29-34-36-35-32(27-24-28-33(35)41(38,39)40)37(34)30-31-25-21-20-22-26-31;/h20-22,24-28,34,36H,2-19,23,29-30H2,1H3,(H,38,39,40);/q;+1/p-1. The van der Waals surface area contributed by atoms with E-state index in [0.717, 1.165) is 24.1 Å². The molecule has 0 fully saturated rings. The van der Waals surface area contributed by atoms with Crippen molar-refractivity contribution in [3.8, 4) is 0 Å². The number of hydrogen-bond acceptors (Lipinski definition) is 5. The van der Waals surface area contributed by atoms with Crippen molar-refractivity contribution in [2.24, 2.45) is 0 Å². The Kier molecular flexibility index (Phi) is 19.9. The van der Waals surface area contributed by atoms with Crippen LogP contribution in [0.2, 0.25) is 0 Å². The smallest absolute Gasteiger partial charge is 0.744 e. The van der Waals surface area contributed by atoms with Crippen LogP contribution in [0.1, 0.15) is 141 Å². The predicted octanol–water partition coefficient (Wildman–Crippen LogP) is 7.17. The molecule has 2 aromatic rings. The van der Waals surface area contributed by atoms with E-state index in [1.807, 2.05) is 24.3 Å². The first-order valence-corrected chi connectivity index (χ1v) is 18.1. The van der Waals surface area contributed by atoms with Crippen LogP contribution in [0.5, 0.6) is 0 Å². The van der Waals surface area contributed by atoms with Crippen molar-refractivity contribution in [2.45, 2.75) is 153 Å². The molecule has 0 saturated heterocycles. The van der Waals surface area contributed by atoms with Crippen molar-refractivity contribution >= 4 is 21.5 Å². The summed E-state index contributed by atoms with van der Waals surface area (Å²) in [6.07, 6.45) is 26.8. The van der Waals surface area contributed by atoms with Crippen LogP contribution in [-0.4, -0.2) is 19.1 Å². The Morgan fingerprint density at radius 1 is 0.667 bits per heavy atom.